The molecule has 6 nitrogen and oxygen atoms in total. The van der Waals surface area contributed by atoms with Gasteiger partial charge in [-0.05, 0) is 13.3 Å². The number of hydrogen-bond acceptors (Lipinski definition) is 4. The number of carbonyl (C=O) groups excluding carboxylic acids is 1. The fourth-order valence-electron chi connectivity index (χ4n) is 2.62. The fraction of sp³-hybridized carbons (Fsp3) is 0.833. The third kappa shape index (κ3) is 1.94. The molecule has 0 aromatic rings. The van der Waals surface area contributed by atoms with E-state index in [0.29, 0.717) is 13.2 Å². The summed E-state index contributed by atoms with van der Waals surface area (Å²) in [5.41, 5.74) is -0.541. The number of esters is 1. The highest BCUT2D eigenvalue weighted by atomic mass is 16.6. The molecule has 2 atom stereocenters. The highest BCUT2D eigenvalue weighted by Gasteiger charge is 2.56. The summed E-state index contributed by atoms with van der Waals surface area (Å²) in [6.45, 7) is 4.51. The second kappa shape index (κ2) is 4.76. The summed E-state index contributed by atoms with van der Waals surface area (Å²) in [6, 6.07) is -0.678. The maximum Gasteiger partial charge on any atom is 0.408 e. The van der Waals surface area contributed by atoms with Crippen LogP contribution in [0.15, 0.2) is 0 Å². The first-order valence-electron chi connectivity index (χ1n) is 6.32. The van der Waals surface area contributed by atoms with Crippen molar-refractivity contribution in [3.63, 3.8) is 0 Å². The summed E-state index contributed by atoms with van der Waals surface area (Å²) in [6.07, 6.45) is 1.20. The van der Waals surface area contributed by atoms with Crippen molar-refractivity contribution in [1.29, 1.82) is 0 Å². The zero-order valence-electron chi connectivity index (χ0n) is 10.7. The van der Waals surface area contributed by atoms with Gasteiger partial charge in [0.2, 0.25) is 0 Å². The highest BCUT2D eigenvalue weighted by Crippen LogP contribution is 2.36. The van der Waals surface area contributed by atoms with Crippen LogP contribution in [-0.4, -0.2) is 53.0 Å². The minimum absolute atomic E-state index is 0.368. The Kier molecular flexibility index (Phi) is 3.47. The lowest BCUT2D eigenvalue weighted by atomic mass is 9.86. The van der Waals surface area contributed by atoms with Gasteiger partial charge in [-0.15, -0.1) is 0 Å². The number of cyclic esters (lactones) is 1. The quantitative estimate of drug-likeness (QED) is 0.750. The molecule has 2 rings (SSSR count). The predicted molar refractivity (Wildman–Crippen MR) is 62.3 cm³/mol. The van der Waals surface area contributed by atoms with Crippen molar-refractivity contribution in [2.75, 3.05) is 13.2 Å². The van der Waals surface area contributed by atoms with Gasteiger partial charge < -0.3 is 14.6 Å². The Balaban J connectivity index is 2.18. The molecule has 0 aromatic heterocycles. The molecule has 6 heteroatoms. The zero-order chi connectivity index (χ0) is 13.3. The van der Waals surface area contributed by atoms with E-state index in [1.54, 1.807) is 6.92 Å². The molecule has 1 amide bonds. The Morgan fingerprint density at radius 1 is 1.56 bits per heavy atom. The average molecular weight is 257 g/mol. The van der Waals surface area contributed by atoms with E-state index in [4.69, 9.17) is 9.47 Å². The van der Waals surface area contributed by atoms with Crippen molar-refractivity contribution in [2.45, 2.75) is 50.8 Å². The first kappa shape index (κ1) is 13.1. The van der Waals surface area contributed by atoms with Gasteiger partial charge in [0.1, 0.15) is 6.10 Å². The van der Waals surface area contributed by atoms with E-state index in [1.165, 1.54) is 4.90 Å². The molecule has 0 aromatic carbocycles. The lowest BCUT2D eigenvalue weighted by Gasteiger charge is -2.53. The van der Waals surface area contributed by atoms with Gasteiger partial charge in [0.05, 0.1) is 18.8 Å². The van der Waals surface area contributed by atoms with Crippen LogP contribution in [-0.2, 0) is 14.3 Å². The fourth-order valence-corrected chi connectivity index (χ4v) is 2.62. The summed E-state index contributed by atoms with van der Waals surface area (Å²) >= 11 is 0. The van der Waals surface area contributed by atoms with Crippen LogP contribution in [0.4, 0.5) is 4.79 Å². The van der Waals surface area contributed by atoms with Crippen LogP contribution < -0.4 is 0 Å². The van der Waals surface area contributed by atoms with Crippen LogP contribution in [0.25, 0.3) is 0 Å². The van der Waals surface area contributed by atoms with Crippen molar-refractivity contribution in [3.8, 4) is 0 Å². The molecule has 0 bridgehead atoms. The summed E-state index contributed by atoms with van der Waals surface area (Å²) in [4.78, 5) is 24.2. The standard InChI is InChI=1S/C12H19NO5/c1-3-4-5-12(6-17-7-12)13(11(15)16)9-8(2)18-10(9)14/h8-9H,3-7H2,1-2H3,(H,15,16)/t8-,9+/m0/s1. The van der Waals surface area contributed by atoms with Crippen molar-refractivity contribution in [2.24, 2.45) is 0 Å². The number of hydrogen-bond donors (Lipinski definition) is 1. The molecule has 0 spiro atoms. The van der Waals surface area contributed by atoms with Crippen LogP contribution in [0.3, 0.4) is 0 Å². The smallest absolute Gasteiger partial charge is 0.408 e. The average Bonchev–Trinajstić information content (AvgIpc) is 2.25. The van der Waals surface area contributed by atoms with E-state index in [-0.39, 0.29) is 6.10 Å². The predicted octanol–water partition coefficient (Wildman–Crippen LogP) is 1.24. The summed E-state index contributed by atoms with van der Waals surface area (Å²) in [5.74, 6) is -0.451. The SMILES string of the molecule is CCCCC1(N(C(=O)O)[C@H]2C(=O)O[C@H]2C)COC1. The zero-order valence-corrected chi connectivity index (χ0v) is 10.7. The third-order valence-electron chi connectivity index (χ3n) is 3.72. The molecule has 0 radical (unpaired) electrons. The molecule has 102 valence electrons. The van der Waals surface area contributed by atoms with Crippen LogP contribution in [0, 0.1) is 0 Å². The first-order valence-corrected chi connectivity index (χ1v) is 6.32. The molecule has 2 heterocycles. The third-order valence-corrected chi connectivity index (χ3v) is 3.72. The molecule has 2 aliphatic heterocycles. The maximum absolute atomic E-state index is 11.5. The van der Waals surface area contributed by atoms with Gasteiger partial charge in [0, 0.05) is 0 Å². The van der Waals surface area contributed by atoms with Gasteiger partial charge in [0.15, 0.2) is 6.04 Å². The normalized spacial score (nSPS) is 28.9. The lowest BCUT2D eigenvalue weighted by Crippen LogP contribution is -2.73. The Labute approximate surface area is 106 Å². The minimum Gasteiger partial charge on any atom is -0.465 e. The minimum atomic E-state index is -1.07. The Morgan fingerprint density at radius 2 is 2.22 bits per heavy atom. The monoisotopic (exact) mass is 257 g/mol. The molecular formula is C12H19NO5. The second-order valence-electron chi connectivity index (χ2n) is 5.06. The van der Waals surface area contributed by atoms with Crippen molar-refractivity contribution in [1.82, 2.24) is 4.90 Å². The topological polar surface area (TPSA) is 76.1 Å². The number of rotatable bonds is 5. The molecule has 2 fully saturated rings. The van der Waals surface area contributed by atoms with Gasteiger partial charge >= 0.3 is 12.1 Å². The number of nitrogens with zero attached hydrogens (tertiary/aromatic N) is 1. The molecular weight excluding hydrogens is 238 g/mol. The van der Waals surface area contributed by atoms with Crippen molar-refractivity contribution < 1.29 is 24.2 Å². The van der Waals surface area contributed by atoms with Crippen molar-refractivity contribution >= 4 is 12.1 Å². The molecule has 0 saturated carbocycles. The van der Waals surface area contributed by atoms with E-state index < -0.39 is 23.6 Å². The first-order chi connectivity index (χ1) is 8.52. The summed E-state index contributed by atoms with van der Waals surface area (Å²) < 4.78 is 10.1. The molecule has 1 N–H and O–H groups in total. The number of ether oxygens (including phenoxy) is 2. The number of amides is 1. The summed E-state index contributed by atoms with van der Waals surface area (Å²) in [5, 5.41) is 9.41. The van der Waals surface area contributed by atoms with E-state index in [2.05, 4.69) is 6.92 Å². The maximum atomic E-state index is 11.5. The van der Waals surface area contributed by atoms with Crippen molar-refractivity contribution in [3.05, 3.63) is 0 Å². The Hall–Kier alpha value is -1.30. The number of carbonyl (C=O) groups is 2. The summed E-state index contributed by atoms with van der Waals surface area (Å²) in [7, 11) is 0. The van der Waals surface area contributed by atoms with Gasteiger partial charge in [0.25, 0.3) is 0 Å². The van der Waals surface area contributed by atoms with Crippen LogP contribution in [0.1, 0.15) is 33.1 Å². The van der Waals surface area contributed by atoms with Crippen LogP contribution in [0.5, 0.6) is 0 Å². The van der Waals surface area contributed by atoms with E-state index in [0.717, 1.165) is 19.3 Å². The largest absolute Gasteiger partial charge is 0.465 e. The van der Waals surface area contributed by atoms with E-state index in [1.807, 2.05) is 0 Å². The molecule has 2 aliphatic rings. The van der Waals surface area contributed by atoms with Crippen LogP contribution >= 0.6 is 0 Å². The molecule has 0 unspecified atom stereocenters. The van der Waals surface area contributed by atoms with E-state index >= 15 is 0 Å². The second-order valence-corrected chi connectivity index (χ2v) is 5.06. The van der Waals surface area contributed by atoms with Gasteiger partial charge in [-0.2, -0.15) is 0 Å². The molecule has 18 heavy (non-hydrogen) atoms. The van der Waals surface area contributed by atoms with Crippen LogP contribution in [0.2, 0.25) is 0 Å². The Bertz CT molecular complexity index is 352. The van der Waals surface area contributed by atoms with Gasteiger partial charge in [-0.1, -0.05) is 19.8 Å². The number of carboxylic acid groups (broad SMARTS) is 1. The molecule has 0 aliphatic carbocycles. The van der Waals surface area contributed by atoms with Gasteiger partial charge in [-0.25, -0.2) is 9.59 Å². The number of unbranched alkanes of at least 4 members (excludes halogenated alkanes) is 1. The van der Waals surface area contributed by atoms with Gasteiger partial charge in [-0.3, -0.25) is 4.90 Å². The highest BCUT2D eigenvalue weighted by molar-refractivity contribution is 5.86. The Morgan fingerprint density at radius 3 is 2.56 bits per heavy atom. The molecule has 2 saturated heterocycles. The lowest BCUT2D eigenvalue weighted by molar-refractivity contribution is -0.208. The van der Waals surface area contributed by atoms with E-state index in [9.17, 15) is 14.7 Å².